The van der Waals surface area contributed by atoms with Crippen LogP contribution < -0.4 is 0 Å². The number of aliphatic hydroxyl groups is 1. The summed E-state index contributed by atoms with van der Waals surface area (Å²) in [6, 6.07) is 0. The standard InChI is InChI=1S/C66H111O11P/c1-4-7-10-13-16-19-22-25-27-29-31-33-35-38-41-44-47-50-53-56-65(69)76-62(58-67)60-74-78(71,72)75-61-63(59-73-64(68)55-52-49-46-43-40-37-24-21-18-15-12-9-6-3)77-66(70)57-54-51-48-45-42-39-36-34-32-30-28-26-23-20-17-14-11-8-5-2/h8-9,11-12,17-18,20-21,26,28,32,34,37,39-40,42,46,49,62-63,67H,4-7,10,13-16,19,22-25,27,29-31,33,35-36,38,41,43-45,47-48,50-61H2,1-3H3,(H,71,72)/b11-8-,12-9-,20-17-,21-18-,28-26-,34-32-,40-37-,42-39-,49-46-. The number of phosphoric ester groups is 1. The van der Waals surface area contributed by atoms with Gasteiger partial charge in [0.15, 0.2) is 6.10 Å². The molecule has 446 valence electrons. The van der Waals surface area contributed by atoms with E-state index in [9.17, 15) is 28.9 Å². The molecule has 0 saturated heterocycles. The van der Waals surface area contributed by atoms with Crippen LogP contribution in [0.4, 0.5) is 0 Å². The fourth-order valence-corrected chi connectivity index (χ4v) is 8.89. The molecule has 0 amide bonds. The van der Waals surface area contributed by atoms with Crippen molar-refractivity contribution in [2.75, 3.05) is 26.4 Å². The number of phosphoric acid groups is 1. The Hall–Kier alpha value is -3.86. The number of carbonyl (C=O) groups excluding carboxylic acids is 3. The van der Waals surface area contributed by atoms with Crippen LogP contribution in [-0.2, 0) is 42.2 Å². The van der Waals surface area contributed by atoms with Crippen LogP contribution in [0.1, 0.15) is 252 Å². The van der Waals surface area contributed by atoms with Gasteiger partial charge in [0.25, 0.3) is 0 Å². The van der Waals surface area contributed by atoms with Crippen LogP contribution in [-0.4, -0.2) is 66.5 Å². The van der Waals surface area contributed by atoms with Crippen LogP contribution >= 0.6 is 7.82 Å². The maximum atomic E-state index is 12.9. The topological polar surface area (TPSA) is 155 Å². The fraction of sp³-hybridized carbons (Fsp3) is 0.682. The molecule has 0 rings (SSSR count). The van der Waals surface area contributed by atoms with Gasteiger partial charge in [-0.05, 0) is 89.9 Å². The molecule has 0 aliphatic rings. The third kappa shape index (κ3) is 56.8. The van der Waals surface area contributed by atoms with Crippen LogP contribution in [0.3, 0.4) is 0 Å². The SMILES string of the molecule is CC/C=C\C/C=C\C/C=C\C/C=C\C/C=C\CCCCCC(=O)OC(COC(=O)CC/C=C\C/C=C\C/C=C\C/C=C\CC)COP(=O)(O)OCC(CO)OC(=O)CCCCCCCCCCCCCCCCCCCCC. The largest absolute Gasteiger partial charge is 0.472 e. The molecule has 2 N–H and O–H groups in total. The summed E-state index contributed by atoms with van der Waals surface area (Å²) in [5.74, 6) is -1.60. The Morgan fingerprint density at radius 1 is 0.372 bits per heavy atom. The van der Waals surface area contributed by atoms with Gasteiger partial charge in [0.05, 0.1) is 19.8 Å². The highest BCUT2D eigenvalue weighted by molar-refractivity contribution is 7.47. The second-order valence-electron chi connectivity index (χ2n) is 20.1. The van der Waals surface area contributed by atoms with Crippen LogP contribution in [0.25, 0.3) is 0 Å². The van der Waals surface area contributed by atoms with E-state index in [4.69, 9.17) is 23.3 Å². The number of rotatable bonds is 56. The molecular weight excluding hydrogens is 1000 g/mol. The third-order valence-electron chi connectivity index (χ3n) is 12.7. The van der Waals surface area contributed by atoms with Crippen molar-refractivity contribution in [1.29, 1.82) is 0 Å². The molecule has 0 fully saturated rings. The molecule has 0 radical (unpaired) electrons. The zero-order valence-corrected chi connectivity index (χ0v) is 50.2. The van der Waals surface area contributed by atoms with Gasteiger partial charge in [0.2, 0.25) is 0 Å². The van der Waals surface area contributed by atoms with E-state index in [-0.39, 0.29) is 25.9 Å². The van der Waals surface area contributed by atoms with Gasteiger partial charge in [-0.25, -0.2) is 4.57 Å². The average molecular weight is 1110 g/mol. The van der Waals surface area contributed by atoms with Crippen molar-refractivity contribution < 1.29 is 52.2 Å². The van der Waals surface area contributed by atoms with Crippen LogP contribution in [0.15, 0.2) is 109 Å². The lowest BCUT2D eigenvalue weighted by Gasteiger charge is -2.21. The van der Waals surface area contributed by atoms with Crippen molar-refractivity contribution in [3.63, 3.8) is 0 Å². The number of allylic oxidation sites excluding steroid dienone is 18. The summed E-state index contributed by atoms with van der Waals surface area (Å²) < 4.78 is 39.5. The smallest absolute Gasteiger partial charge is 0.462 e. The van der Waals surface area contributed by atoms with Gasteiger partial charge < -0.3 is 24.2 Å². The minimum Gasteiger partial charge on any atom is -0.462 e. The zero-order chi connectivity index (χ0) is 56.9. The van der Waals surface area contributed by atoms with Crippen LogP contribution in [0, 0.1) is 0 Å². The molecule has 0 aliphatic heterocycles. The number of hydrogen-bond donors (Lipinski definition) is 2. The molecule has 78 heavy (non-hydrogen) atoms. The number of ether oxygens (including phenoxy) is 3. The molecule has 3 unspecified atom stereocenters. The Kier molecular flexibility index (Phi) is 56.3. The first-order valence-corrected chi connectivity index (χ1v) is 32.3. The molecule has 0 aromatic carbocycles. The van der Waals surface area contributed by atoms with Crippen molar-refractivity contribution in [2.45, 2.75) is 264 Å². The molecule has 0 bridgehead atoms. The minimum atomic E-state index is -4.78. The first-order valence-electron chi connectivity index (χ1n) is 30.8. The van der Waals surface area contributed by atoms with Crippen LogP contribution in [0.2, 0.25) is 0 Å². The van der Waals surface area contributed by atoms with E-state index in [1.165, 1.54) is 96.3 Å². The summed E-state index contributed by atoms with van der Waals surface area (Å²) in [5, 5.41) is 9.85. The highest BCUT2D eigenvalue weighted by Crippen LogP contribution is 2.43. The summed E-state index contributed by atoms with van der Waals surface area (Å²) in [6.45, 7) is 4.31. The Morgan fingerprint density at radius 3 is 1.08 bits per heavy atom. The summed E-state index contributed by atoms with van der Waals surface area (Å²) in [4.78, 5) is 48.6. The first kappa shape index (κ1) is 74.1. The number of hydrogen-bond acceptors (Lipinski definition) is 10. The molecule has 12 heteroatoms. The normalized spacial score (nSPS) is 14.1. The predicted octanol–water partition coefficient (Wildman–Crippen LogP) is 18.6. The van der Waals surface area contributed by atoms with E-state index in [1.54, 1.807) is 0 Å². The summed E-state index contributed by atoms with van der Waals surface area (Å²) in [7, 11) is -4.78. The lowest BCUT2D eigenvalue weighted by molar-refractivity contribution is -0.161. The summed E-state index contributed by atoms with van der Waals surface area (Å²) >= 11 is 0. The molecule has 0 aromatic heterocycles. The fourth-order valence-electron chi connectivity index (χ4n) is 8.10. The van der Waals surface area contributed by atoms with Crippen molar-refractivity contribution in [3.8, 4) is 0 Å². The molecule has 0 spiro atoms. The van der Waals surface area contributed by atoms with Gasteiger partial charge >= 0.3 is 25.7 Å². The minimum absolute atomic E-state index is 0.0933. The quantitative estimate of drug-likeness (QED) is 0.0197. The zero-order valence-electron chi connectivity index (χ0n) is 49.3. The second-order valence-corrected chi connectivity index (χ2v) is 21.6. The van der Waals surface area contributed by atoms with Gasteiger partial charge in [0, 0.05) is 19.3 Å². The molecular formula is C66H111O11P. The number of carbonyl (C=O) groups is 3. The number of aliphatic hydroxyl groups excluding tert-OH is 1. The molecule has 3 atom stereocenters. The van der Waals surface area contributed by atoms with Gasteiger partial charge in [-0.15, -0.1) is 0 Å². The molecule has 0 aromatic rings. The average Bonchev–Trinajstić information content (AvgIpc) is 3.43. The van der Waals surface area contributed by atoms with Crippen molar-refractivity contribution in [1.82, 2.24) is 0 Å². The lowest BCUT2D eigenvalue weighted by atomic mass is 10.0. The number of unbranched alkanes of at least 4 members (excludes halogenated alkanes) is 21. The first-order chi connectivity index (χ1) is 38.2. The Balaban J connectivity index is 4.76. The van der Waals surface area contributed by atoms with Crippen molar-refractivity contribution in [3.05, 3.63) is 109 Å². The monoisotopic (exact) mass is 1110 g/mol. The van der Waals surface area contributed by atoms with Crippen molar-refractivity contribution >= 4 is 25.7 Å². The maximum Gasteiger partial charge on any atom is 0.472 e. The highest BCUT2D eigenvalue weighted by atomic mass is 31.2. The Labute approximate surface area is 475 Å². The third-order valence-corrected chi connectivity index (χ3v) is 13.7. The lowest BCUT2D eigenvalue weighted by Crippen LogP contribution is -2.30. The van der Waals surface area contributed by atoms with E-state index < -0.39 is 57.8 Å². The highest BCUT2D eigenvalue weighted by Gasteiger charge is 2.28. The Morgan fingerprint density at radius 2 is 0.692 bits per heavy atom. The summed E-state index contributed by atoms with van der Waals surface area (Å²) in [6.07, 6.45) is 72.1. The molecule has 11 nitrogen and oxygen atoms in total. The van der Waals surface area contributed by atoms with Crippen molar-refractivity contribution in [2.24, 2.45) is 0 Å². The van der Waals surface area contributed by atoms with E-state index in [1.807, 2.05) is 12.2 Å². The maximum absolute atomic E-state index is 12.9. The molecule has 0 saturated carbocycles. The van der Waals surface area contributed by atoms with E-state index in [0.29, 0.717) is 19.3 Å². The van der Waals surface area contributed by atoms with E-state index in [0.717, 1.165) is 96.3 Å². The van der Waals surface area contributed by atoms with Crippen LogP contribution in [0.5, 0.6) is 0 Å². The predicted molar refractivity (Wildman–Crippen MR) is 325 cm³/mol. The van der Waals surface area contributed by atoms with E-state index in [2.05, 4.69) is 118 Å². The van der Waals surface area contributed by atoms with Gasteiger partial charge in [-0.2, -0.15) is 0 Å². The summed E-state index contributed by atoms with van der Waals surface area (Å²) in [5.41, 5.74) is 0. The van der Waals surface area contributed by atoms with Gasteiger partial charge in [-0.1, -0.05) is 252 Å². The molecule has 0 aliphatic carbocycles. The second kappa shape index (κ2) is 59.3. The molecule has 0 heterocycles. The van der Waals surface area contributed by atoms with E-state index >= 15 is 0 Å². The number of esters is 3. The van der Waals surface area contributed by atoms with Gasteiger partial charge in [-0.3, -0.25) is 23.4 Å². The Bertz CT molecular complexity index is 1720. The van der Waals surface area contributed by atoms with Gasteiger partial charge in [0.1, 0.15) is 12.7 Å².